The summed E-state index contributed by atoms with van der Waals surface area (Å²) in [6.07, 6.45) is 0.930. The van der Waals surface area contributed by atoms with Gasteiger partial charge >= 0.3 is 5.97 Å². The van der Waals surface area contributed by atoms with Crippen LogP contribution >= 0.6 is 24.0 Å². The topological polar surface area (TPSA) is 72.0 Å². The number of carbonyl (C=O) groups is 1. The standard InChI is InChI=1S/C17H25N3O3.HI/c1-17(2,3)23-15(21)11-20-16(18-4)19-10-13-9-12-7-5-6-8-14(12)22-13;/h5-8,13H,9-11H2,1-4H3,(H2,18,19,20);1H. The maximum atomic E-state index is 11.7. The predicted octanol–water partition coefficient (Wildman–Crippen LogP) is 2.11. The number of nitrogens with one attached hydrogen (secondary N) is 2. The van der Waals surface area contributed by atoms with Crippen LogP contribution in [0.4, 0.5) is 0 Å². The van der Waals surface area contributed by atoms with Gasteiger partial charge in [-0.2, -0.15) is 0 Å². The molecule has 6 nitrogen and oxygen atoms in total. The van der Waals surface area contributed by atoms with Crippen LogP contribution in [0.25, 0.3) is 0 Å². The smallest absolute Gasteiger partial charge is 0.325 e. The fraction of sp³-hybridized carbons (Fsp3) is 0.529. The summed E-state index contributed by atoms with van der Waals surface area (Å²) in [4.78, 5) is 15.8. The third-order valence-electron chi connectivity index (χ3n) is 3.25. The van der Waals surface area contributed by atoms with E-state index in [0.717, 1.165) is 12.2 Å². The first-order chi connectivity index (χ1) is 10.9. The lowest BCUT2D eigenvalue weighted by Crippen LogP contribution is -2.44. The van der Waals surface area contributed by atoms with Gasteiger partial charge < -0.3 is 20.1 Å². The molecule has 0 amide bonds. The fourth-order valence-corrected chi connectivity index (χ4v) is 2.33. The number of esters is 1. The summed E-state index contributed by atoms with van der Waals surface area (Å²) in [7, 11) is 1.66. The Morgan fingerprint density at radius 1 is 1.33 bits per heavy atom. The number of fused-ring (bicyclic) bond motifs is 1. The van der Waals surface area contributed by atoms with Crippen molar-refractivity contribution in [3.05, 3.63) is 29.8 Å². The van der Waals surface area contributed by atoms with E-state index >= 15 is 0 Å². The van der Waals surface area contributed by atoms with Crippen LogP contribution in [0.5, 0.6) is 5.75 Å². The molecule has 2 N–H and O–H groups in total. The van der Waals surface area contributed by atoms with Gasteiger partial charge in [-0.3, -0.25) is 9.79 Å². The number of para-hydroxylation sites is 1. The Morgan fingerprint density at radius 2 is 2.04 bits per heavy atom. The molecule has 0 aliphatic carbocycles. The zero-order valence-corrected chi connectivity index (χ0v) is 16.9. The van der Waals surface area contributed by atoms with Crippen molar-refractivity contribution >= 4 is 35.9 Å². The zero-order valence-electron chi connectivity index (χ0n) is 14.6. The lowest BCUT2D eigenvalue weighted by molar-refractivity contribution is -0.153. The van der Waals surface area contributed by atoms with Gasteiger partial charge in [-0.25, -0.2) is 0 Å². The molecule has 1 aromatic rings. The Labute approximate surface area is 160 Å². The summed E-state index contributed by atoms with van der Waals surface area (Å²) in [6.45, 7) is 6.21. The molecule has 0 fully saturated rings. The number of hydrogen-bond acceptors (Lipinski definition) is 4. The number of rotatable bonds is 4. The molecule has 0 radical (unpaired) electrons. The average Bonchev–Trinajstić information content (AvgIpc) is 2.88. The Hall–Kier alpha value is -1.51. The number of carbonyl (C=O) groups excluding carboxylic acids is 1. The van der Waals surface area contributed by atoms with E-state index in [9.17, 15) is 4.79 Å². The van der Waals surface area contributed by atoms with Gasteiger partial charge in [0, 0.05) is 13.5 Å². The van der Waals surface area contributed by atoms with Gasteiger partial charge in [-0.05, 0) is 32.4 Å². The summed E-state index contributed by atoms with van der Waals surface area (Å²) in [5.74, 6) is 1.18. The van der Waals surface area contributed by atoms with Crippen molar-refractivity contribution < 1.29 is 14.3 Å². The molecule has 1 aliphatic heterocycles. The maximum absolute atomic E-state index is 11.7. The summed E-state index contributed by atoms with van der Waals surface area (Å²) in [5, 5.41) is 6.12. The largest absolute Gasteiger partial charge is 0.488 e. The first kappa shape index (κ1) is 20.5. The zero-order chi connectivity index (χ0) is 16.9. The average molecular weight is 447 g/mol. The van der Waals surface area contributed by atoms with Crippen molar-refractivity contribution in [3.8, 4) is 5.75 Å². The molecular weight excluding hydrogens is 421 g/mol. The van der Waals surface area contributed by atoms with Crippen molar-refractivity contribution in [2.45, 2.75) is 38.9 Å². The van der Waals surface area contributed by atoms with Crippen LogP contribution in [0.2, 0.25) is 0 Å². The third kappa shape index (κ3) is 6.54. The quantitative estimate of drug-likeness (QED) is 0.320. The second kappa shape index (κ2) is 9.10. The molecule has 0 bridgehead atoms. The lowest BCUT2D eigenvalue weighted by atomic mass is 10.1. The second-order valence-electron chi connectivity index (χ2n) is 6.44. The van der Waals surface area contributed by atoms with E-state index in [0.29, 0.717) is 12.5 Å². The normalized spacial score (nSPS) is 16.5. The van der Waals surface area contributed by atoms with E-state index in [-0.39, 0.29) is 42.6 Å². The second-order valence-corrected chi connectivity index (χ2v) is 6.44. The molecule has 7 heteroatoms. The first-order valence-corrected chi connectivity index (χ1v) is 7.78. The van der Waals surface area contributed by atoms with Crippen LogP contribution in [-0.4, -0.2) is 43.8 Å². The lowest BCUT2D eigenvalue weighted by Gasteiger charge is -2.20. The third-order valence-corrected chi connectivity index (χ3v) is 3.25. The number of halogens is 1. The Morgan fingerprint density at radius 3 is 2.67 bits per heavy atom. The number of benzene rings is 1. The van der Waals surface area contributed by atoms with E-state index in [1.165, 1.54) is 5.56 Å². The van der Waals surface area contributed by atoms with Crippen LogP contribution < -0.4 is 15.4 Å². The molecule has 1 unspecified atom stereocenters. The van der Waals surface area contributed by atoms with E-state index in [4.69, 9.17) is 9.47 Å². The molecule has 134 valence electrons. The van der Waals surface area contributed by atoms with Crippen LogP contribution in [-0.2, 0) is 16.0 Å². The van der Waals surface area contributed by atoms with Crippen molar-refractivity contribution in [2.24, 2.45) is 4.99 Å². The predicted molar refractivity (Wildman–Crippen MR) is 105 cm³/mol. The summed E-state index contributed by atoms with van der Waals surface area (Å²) >= 11 is 0. The summed E-state index contributed by atoms with van der Waals surface area (Å²) in [5.41, 5.74) is 0.732. The highest BCUT2D eigenvalue weighted by atomic mass is 127. The van der Waals surface area contributed by atoms with Gasteiger partial charge in [0.25, 0.3) is 0 Å². The minimum Gasteiger partial charge on any atom is -0.488 e. The molecule has 0 aromatic heterocycles. The number of hydrogen-bond donors (Lipinski definition) is 2. The Balaban J connectivity index is 0.00000288. The highest BCUT2D eigenvalue weighted by Gasteiger charge is 2.22. The van der Waals surface area contributed by atoms with Crippen LogP contribution in [0, 0.1) is 0 Å². The van der Waals surface area contributed by atoms with Gasteiger partial charge in [0.05, 0.1) is 6.54 Å². The minimum atomic E-state index is -0.487. The monoisotopic (exact) mass is 447 g/mol. The van der Waals surface area contributed by atoms with Gasteiger partial charge in [-0.15, -0.1) is 24.0 Å². The van der Waals surface area contributed by atoms with Gasteiger partial charge in [0.1, 0.15) is 24.0 Å². The Bertz CT molecular complexity index is 560. The molecule has 0 spiro atoms. The van der Waals surface area contributed by atoms with E-state index < -0.39 is 5.60 Å². The van der Waals surface area contributed by atoms with Crippen LogP contribution in [0.15, 0.2) is 29.3 Å². The molecule has 1 aliphatic rings. The first-order valence-electron chi connectivity index (χ1n) is 7.78. The molecule has 0 saturated carbocycles. The number of ether oxygens (including phenoxy) is 2. The maximum Gasteiger partial charge on any atom is 0.325 e. The van der Waals surface area contributed by atoms with Crippen molar-refractivity contribution in [1.29, 1.82) is 0 Å². The van der Waals surface area contributed by atoms with Crippen LogP contribution in [0.3, 0.4) is 0 Å². The van der Waals surface area contributed by atoms with Crippen molar-refractivity contribution in [3.63, 3.8) is 0 Å². The number of nitrogens with zero attached hydrogens (tertiary/aromatic N) is 1. The molecule has 0 saturated heterocycles. The summed E-state index contributed by atoms with van der Waals surface area (Å²) in [6, 6.07) is 8.03. The summed E-state index contributed by atoms with van der Waals surface area (Å²) < 4.78 is 11.1. The minimum absolute atomic E-state index is 0. The highest BCUT2D eigenvalue weighted by molar-refractivity contribution is 14.0. The fourth-order valence-electron chi connectivity index (χ4n) is 2.33. The van der Waals surface area contributed by atoms with Gasteiger partial charge in [0.2, 0.25) is 0 Å². The molecule has 1 atom stereocenters. The SMILES string of the molecule is CN=C(NCC(=O)OC(C)(C)C)NCC1Cc2ccccc2O1.I. The number of aliphatic imine (C=N–C) groups is 1. The Kier molecular flexibility index (Phi) is 7.78. The molecule has 24 heavy (non-hydrogen) atoms. The van der Waals surface area contributed by atoms with Crippen molar-refractivity contribution in [2.75, 3.05) is 20.1 Å². The molecule has 1 heterocycles. The van der Waals surface area contributed by atoms with Crippen LogP contribution in [0.1, 0.15) is 26.3 Å². The highest BCUT2D eigenvalue weighted by Crippen LogP contribution is 2.27. The van der Waals surface area contributed by atoms with Gasteiger partial charge in [0.15, 0.2) is 5.96 Å². The molecule has 1 aromatic carbocycles. The molecule has 2 rings (SSSR count). The molecular formula is C17H26IN3O3. The van der Waals surface area contributed by atoms with E-state index in [2.05, 4.69) is 21.7 Å². The number of guanidine groups is 1. The van der Waals surface area contributed by atoms with Crippen molar-refractivity contribution in [1.82, 2.24) is 10.6 Å². The van der Waals surface area contributed by atoms with E-state index in [1.54, 1.807) is 7.05 Å². The van der Waals surface area contributed by atoms with E-state index in [1.807, 2.05) is 39.0 Å². The van der Waals surface area contributed by atoms with Gasteiger partial charge in [-0.1, -0.05) is 18.2 Å².